The Morgan fingerprint density at radius 3 is 1.87 bits per heavy atom. The van der Waals surface area contributed by atoms with Gasteiger partial charge in [0.2, 0.25) is 0 Å². The van der Waals surface area contributed by atoms with Crippen molar-refractivity contribution in [1.29, 1.82) is 0 Å². The Labute approximate surface area is 173 Å². The average molecular weight is 410 g/mol. The van der Waals surface area contributed by atoms with Gasteiger partial charge < -0.3 is 19.3 Å². The van der Waals surface area contributed by atoms with Gasteiger partial charge in [0.25, 0.3) is 0 Å². The zero-order valence-corrected chi connectivity index (χ0v) is 16.1. The van der Waals surface area contributed by atoms with E-state index in [2.05, 4.69) is 20.1 Å². The first kappa shape index (κ1) is 21.6. The first-order chi connectivity index (χ1) is 14.8. The third kappa shape index (κ3) is 5.49. The third-order valence-electron chi connectivity index (χ3n) is 4.73. The second-order valence-electron chi connectivity index (χ2n) is 6.67. The zero-order valence-electron chi connectivity index (χ0n) is 16.1. The van der Waals surface area contributed by atoms with Crippen molar-refractivity contribution in [3.8, 4) is 0 Å². The van der Waals surface area contributed by atoms with Crippen molar-refractivity contribution in [2.75, 3.05) is 6.61 Å². The molecule has 0 unspecified atom stereocenters. The number of ether oxygens (including phenoxy) is 3. The lowest BCUT2D eigenvalue weighted by atomic mass is 9.96. The molecule has 1 heterocycles. The molecule has 1 N–H and O–H groups in total. The molecule has 1 aliphatic rings. The van der Waals surface area contributed by atoms with Gasteiger partial charge in [0.1, 0.15) is 18.4 Å². The summed E-state index contributed by atoms with van der Waals surface area (Å²) in [5.41, 5.74) is 19.8. The van der Waals surface area contributed by atoms with Gasteiger partial charge in [-0.1, -0.05) is 70.9 Å². The molecule has 2 aromatic carbocycles. The van der Waals surface area contributed by atoms with Crippen molar-refractivity contribution in [3.63, 3.8) is 0 Å². The van der Waals surface area contributed by atoms with Gasteiger partial charge >= 0.3 is 0 Å². The standard InChI is InChI=1S/C20H22N6O4/c21-25-23-17-19(29-13-15-9-5-2-6-10-15)18(16(11-27)30-20(17)24-26-22)28-12-14-7-3-1-4-8-14/h1-10,16-20,27H,11-13H2/t16-,17-,18-,19-,20+/m1/s1. The van der Waals surface area contributed by atoms with Gasteiger partial charge in [0, 0.05) is 9.82 Å². The van der Waals surface area contributed by atoms with E-state index in [0.717, 1.165) is 11.1 Å². The Bertz CT molecular complexity index is 887. The van der Waals surface area contributed by atoms with E-state index in [9.17, 15) is 5.11 Å². The maximum Gasteiger partial charge on any atom is 0.148 e. The van der Waals surface area contributed by atoms with E-state index in [1.54, 1.807) is 0 Å². The molecule has 1 saturated heterocycles. The first-order valence-electron chi connectivity index (χ1n) is 9.42. The summed E-state index contributed by atoms with van der Waals surface area (Å²) in [6.45, 7) is 0.0755. The van der Waals surface area contributed by atoms with Crippen molar-refractivity contribution < 1.29 is 19.3 Å². The minimum atomic E-state index is -1.12. The maximum absolute atomic E-state index is 9.87. The van der Waals surface area contributed by atoms with Crippen LogP contribution in [0.5, 0.6) is 0 Å². The molecule has 0 saturated carbocycles. The van der Waals surface area contributed by atoms with Crippen LogP contribution >= 0.6 is 0 Å². The highest BCUT2D eigenvalue weighted by Crippen LogP contribution is 2.30. The molecule has 1 aliphatic heterocycles. The fraction of sp³-hybridized carbons (Fsp3) is 0.400. The number of rotatable bonds is 9. The van der Waals surface area contributed by atoms with Crippen molar-refractivity contribution in [1.82, 2.24) is 0 Å². The Kier molecular flexibility index (Phi) is 8.05. The van der Waals surface area contributed by atoms with Crippen molar-refractivity contribution in [3.05, 3.63) is 92.7 Å². The summed E-state index contributed by atoms with van der Waals surface area (Å²) < 4.78 is 17.8. The quantitative estimate of drug-likeness (QED) is 0.380. The molecule has 5 atom stereocenters. The number of azide groups is 2. The van der Waals surface area contributed by atoms with Gasteiger partial charge in [-0.05, 0) is 22.2 Å². The van der Waals surface area contributed by atoms with E-state index in [1.165, 1.54) is 0 Å². The second-order valence-corrected chi connectivity index (χ2v) is 6.67. The second kappa shape index (κ2) is 11.2. The van der Waals surface area contributed by atoms with Crippen LogP contribution in [-0.2, 0) is 27.4 Å². The number of nitrogens with zero attached hydrogens (tertiary/aromatic N) is 6. The number of benzene rings is 2. The molecule has 0 radical (unpaired) electrons. The number of aliphatic hydroxyl groups excluding tert-OH is 1. The van der Waals surface area contributed by atoms with Crippen molar-refractivity contribution in [2.24, 2.45) is 10.2 Å². The van der Waals surface area contributed by atoms with Gasteiger partial charge in [-0.15, -0.1) is 0 Å². The van der Waals surface area contributed by atoms with Gasteiger partial charge in [0.15, 0.2) is 0 Å². The maximum atomic E-state index is 9.87. The molecule has 30 heavy (non-hydrogen) atoms. The molecule has 3 rings (SSSR count). The number of hydrogen-bond acceptors (Lipinski definition) is 6. The summed E-state index contributed by atoms with van der Waals surface area (Å²) >= 11 is 0. The number of aliphatic hydroxyl groups is 1. The van der Waals surface area contributed by atoms with Crippen LogP contribution < -0.4 is 0 Å². The van der Waals surface area contributed by atoms with E-state index < -0.39 is 30.6 Å². The minimum Gasteiger partial charge on any atom is -0.394 e. The van der Waals surface area contributed by atoms with Gasteiger partial charge in [0.05, 0.1) is 32.0 Å². The summed E-state index contributed by atoms with van der Waals surface area (Å²) in [7, 11) is 0. The molecule has 0 aliphatic carbocycles. The van der Waals surface area contributed by atoms with E-state index in [0.29, 0.717) is 0 Å². The Morgan fingerprint density at radius 2 is 1.37 bits per heavy atom. The lowest BCUT2D eigenvalue weighted by molar-refractivity contribution is -0.222. The first-order valence-corrected chi connectivity index (χ1v) is 9.42. The average Bonchev–Trinajstić information content (AvgIpc) is 2.79. The molecule has 0 aromatic heterocycles. The predicted octanol–water partition coefficient (Wildman–Crippen LogP) is 3.86. The molecule has 0 spiro atoms. The van der Waals surface area contributed by atoms with E-state index >= 15 is 0 Å². The van der Waals surface area contributed by atoms with Crippen molar-refractivity contribution in [2.45, 2.75) is 43.8 Å². The van der Waals surface area contributed by atoms with Crippen LogP contribution in [0.4, 0.5) is 0 Å². The summed E-state index contributed by atoms with van der Waals surface area (Å²) in [5, 5.41) is 17.2. The molecule has 1 fully saturated rings. The highest BCUT2D eigenvalue weighted by molar-refractivity contribution is 5.15. The molecule has 10 nitrogen and oxygen atoms in total. The lowest BCUT2D eigenvalue weighted by Crippen LogP contribution is -2.59. The van der Waals surface area contributed by atoms with Crippen molar-refractivity contribution >= 4 is 0 Å². The molecular weight excluding hydrogens is 388 g/mol. The molecular formula is C20H22N6O4. The largest absolute Gasteiger partial charge is 0.394 e. The minimum absolute atomic E-state index is 0.218. The van der Waals surface area contributed by atoms with Crippen LogP contribution in [0.25, 0.3) is 20.9 Å². The van der Waals surface area contributed by atoms with Crippen LogP contribution in [0, 0.1) is 0 Å². The molecule has 2 aromatic rings. The predicted molar refractivity (Wildman–Crippen MR) is 108 cm³/mol. The Balaban J connectivity index is 1.86. The van der Waals surface area contributed by atoms with Crippen LogP contribution in [0.1, 0.15) is 11.1 Å². The lowest BCUT2D eigenvalue weighted by Gasteiger charge is -2.43. The fourth-order valence-electron chi connectivity index (χ4n) is 3.31. The molecule has 0 amide bonds. The SMILES string of the molecule is [N-]=[N+]=N[C@@H]1[C@@H](OCc2ccccc2)[C@H](OCc2ccccc2)[C@@H](CO)O[C@@H]1N=[N+]=[N-]. The van der Waals surface area contributed by atoms with Crippen LogP contribution in [0.3, 0.4) is 0 Å². The van der Waals surface area contributed by atoms with Crippen LogP contribution in [-0.4, -0.2) is 42.3 Å². The normalized spacial score (nSPS) is 25.7. The summed E-state index contributed by atoms with van der Waals surface area (Å²) in [4.78, 5) is 5.63. The van der Waals surface area contributed by atoms with E-state index in [-0.39, 0.29) is 19.8 Å². The molecule has 0 bridgehead atoms. The number of hydrogen-bond donors (Lipinski definition) is 1. The molecule has 156 valence electrons. The highest BCUT2D eigenvalue weighted by atomic mass is 16.6. The highest BCUT2D eigenvalue weighted by Gasteiger charge is 2.46. The van der Waals surface area contributed by atoms with Gasteiger partial charge in [-0.25, -0.2) is 0 Å². The van der Waals surface area contributed by atoms with Crippen LogP contribution in [0.15, 0.2) is 70.9 Å². The van der Waals surface area contributed by atoms with Gasteiger partial charge in [-0.3, -0.25) is 0 Å². The Morgan fingerprint density at radius 1 is 0.833 bits per heavy atom. The van der Waals surface area contributed by atoms with Crippen LogP contribution in [0.2, 0.25) is 0 Å². The monoisotopic (exact) mass is 410 g/mol. The topological polar surface area (TPSA) is 145 Å². The third-order valence-corrected chi connectivity index (χ3v) is 4.73. The van der Waals surface area contributed by atoms with Gasteiger partial charge in [-0.2, -0.15) is 0 Å². The molecule has 10 heteroatoms. The zero-order chi connectivity index (χ0) is 21.2. The van der Waals surface area contributed by atoms with E-state index in [4.69, 9.17) is 25.3 Å². The smallest absolute Gasteiger partial charge is 0.148 e. The summed E-state index contributed by atoms with van der Waals surface area (Å²) in [5.74, 6) is 0. The summed E-state index contributed by atoms with van der Waals surface area (Å²) in [6.07, 6.45) is -3.50. The van der Waals surface area contributed by atoms with E-state index in [1.807, 2.05) is 60.7 Å². The summed E-state index contributed by atoms with van der Waals surface area (Å²) in [6, 6.07) is 18.0. The fourth-order valence-corrected chi connectivity index (χ4v) is 3.31. The Hall–Kier alpha value is -3.10.